The minimum atomic E-state index is -0.117. The second kappa shape index (κ2) is 8.02. The Morgan fingerprint density at radius 1 is 1.27 bits per heavy atom. The fourth-order valence-corrected chi connectivity index (χ4v) is 1.04. The van der Waals surface area contributed by atoms with Crippen LogP contribution < -0.4 is 5.32 Å². The summed E-state index contributed by atoms with van der Waals surface area (Å²) in [5.41, 5.74) is 0. The molecule has 0 saturated carbocycles. The Hall–Kier alpha value is -0.0800. The first-order valence-corrected chi connectivity index (χ1v) is 4.66. The highest BCUT2D eigenvalue weighted by Crippen LogP contribution is 2.01. The van der Waals surface area contributed by atoms with Crippen molar-refractivity contribution in [1.29, 1.82) is 0 Å². The summed E-state index contributed by atoms with van der Waals surface area (Å²) >= 11 is 0. The van der Waals surface area contributed by atoms with Crippen molar-refractivity contribution in [2.45, 2.75) is 45.6 Å². The zero-order chi connectivity index (χ0) is 8.53. The summed E-state index contributed by atoms with van der Waals surface area (Å²) in [7, 11) is 0. The maximum atomic E-state index is 8.94. The molecule has 2 nitrogen and oxygen atoms in total. The summed E-state index contributed by atoms with van der Waals surface area (Å²) in [6, 6.07) is 0. The number of hydrogen-bond acceptors (Lipinski definition) is 2. The summed E-state index contributed by atoms with van der Waals surface area (Å²) < 4.78 is 0. The van der Waals surface area contributed by atoms with Crippen molar-refractivity contribution in [2.24, 2.45) is 0 Å². The van der Waals surface area contributed by atoms with E-state index in [9.17, 15) is 0 Å². The van der Waals surface area contributed by atoms with E-state index in [1.165, 1.54) is 12.8 Å². The van der Waals surface area contributed by atoms with Crippen LogP contribution in [-0.4, -0.2) is 24.3 Å². The molecule has 11 heavy (non-hydrogen) atoms. The standard InChI is InChI=1S/C9H21NO/c1-3-10-8-6-4-5-7-9(2)11/h9-11H,3-8H2,1-2H3. The fraction of sp³-hybridized carbons (Fsp3) is 1.00. The summed E-state index contributed by atoms with van der Waals surface area (Å²) in [6.45, 7) is 6.16. The number of hydrogen-bond donors (Lipinski definition) is 2. The third-order valence-electron chi connectivity index (χ3n) is 1.73. The average Bonchev–Trinajstić information content (AvgIpc) is 1.96. The number of aliphatic hydroxyl groups excluding tert-OH is 1. The Morgan fingerprint density at radius 2 is 2.00 bits per heavy atom. The van der Waals surface area contributed by atoms with Crippen molar-refractivity contribution < 1.29 is 5.11 Å². The van der Waals surface area contributed by atoms with Crippen LogP contribution in [0.2, 0.25) is 0 Å². The van der Waals surface area contributed by atoms with Gasteiger partial charge < -0.3 is 10.4 Å². The minimum absolute atomic E-state index is 0.117. The van der Waals surface area contributed by atoms with E-state index < -0.39 is 0 Å². The molecule has 2 heteroatoms. The summed E-state index contributed by atoms with van der Waals surface area (Å²) in [5.74, 6) is 0. The quantitative estimate of drug-likeness (QED) is 0.552. The molecule has 0 amide bonds. The molecule has 0 saturated heterocycles. The molecule has 0 aromatic rings. The van der Waals surface area contributed by atoms with Crippen molar-refractivity contribution in [2.75, 3.05) is 13.1 Å². The van der Waals surface area contributed by atoms with E-state index in [0.717, 1.165) is 25.9 Å². The van der Waals surface area contributed by atoms with Gasteiger partial charge in [0.05, 0.1) is 6.10 Å². The van der Waals surface area contributed by atoms with Gasteiger partial charge in [-0.1, -0.05) is 19.8 Å². The first-order valence-electron chi connectivity index (χ1n) is 4.66. The zero-order valence-electron chi connectivity index (χ0n) is 7.77. The normalized spacial score (nSPS) is 13.4. The summed E-state index contributed by atoms with van der Waals surface area (Å²) in [6.07, 6.45) is 4.46. The topological polar surface area (TPSA) is 32.3 Å². The van der Waals surface area contributed by atoms with Gasteiger partial charge in [0.15, 0.2) is 0 Å². The Balaban J connectivity index is 2.80. The zero-order valence-corrected chi connectivity index (χ0v) is 7.77. The highest BCUT2D eigenvalue weighted by atomic mass is 16.3. The van der Waals surface area contributed by atoms with Crippen molar-refractivity contribution in [3.05, 3.63) is 0 Å². The molecule has 0 bridgehead atoms. The molecular weight excluding hydrogens is 138 g/mol. The Kier molecular flexibility index (Phi) is 7.96. The SMILES string of the molecule is CCNCCCCCC(C)O. The molecule has 2 N–H and O–H groups in total. The van der Waals surface area contributed by atoms with Gasteiger partial charge in [-0.2, -0.15) is 0 Å². The largest absolute Gasteiger partial charge is 0.393 e. The Morgan fingerprint density at radius 3 is 2.55 bits per heavy atom. The molecule has 1 unspecified atom stereocenters. The van der Waals surface area contributed by atoms with Gasteiger partial charge in [-0.25, -0.2) is 0 Å². The van der Waals surface area contributed by atoms with Gasteiger partial charge in [0.1, 0.15) is 0 Å². The van der Waals surface area contributed by atoms with E-state index in [-0.39, 0.29) is 6.10 Å². The van der Waals surface area contributed by atoms with Crippen molar-refractivity contribution in [1.82, 2.24) is 5.32 Å². The number of rotatable bonds is 7. The number of aliphatic hydroxyl groups is 1. The van der Waals surface area contributed by atoms with E-state index in [2.05, 4.69) is 12.2 Å². The fourth-order valence-electron chi connectivity index (χ4n) is 1.04. The van der Waals surface area contributed by atoms with Crippen LogP contribution >= 0.6 is 0 Å². The molecule has 0 rings (SSSR count). The van der Waals surface area contributed by atoms with Crippen LogP contribution in [0.3, 0.4) is 0 Å². The first-order chi connectivity index (χ1) is 5.27. The van der Waals surface area contributed by atoms with Gasteiger partial charge in [-0.15, -0.1) is 0 Å². The molecular formula is C9H21NO. The predicted octanol–water partition coefficient (Wildman–Crippen LogP) is 1.54. The first kappa shape index (κ1) is 10.9. The minimum Gasteiger partial charge on any atom is -0.393 e. The van der Waals surface area contributed by atoms with Crippen LogP contribution in [0.25, 0.3) is 0 Å². The van der Waals surface area contributed by atoms with Crippen LogP contribution in [-0.2, 0) is 0 Å². The molecule has 0 aliphatic carbocycles. The lowest BCUT2D eigenvalue weighted by molar-refractivity contribution is 0.180. The smallest absolute Gasteiger partial charge is 0.0512 e. The van der Waals surface area contributed by atoms with Crippen molar-refractivity contribution in [3.8, 4) is 0 Å². The summed E-state index contributed by atoms with van der Waals surface area (Å²) in [4.78, 5) is 0. The third kappa shape index (κ3) is 9.92. The van der Waals surface area contributed by atoms with Crippen molar-refractivity contribution in [3.63, 3.8) is 0 Å². The maximum absolute atomic E-state index is 8.94. The van der Waals surface area contributed by atoms with Gasteiger partial charge in [-0.05, 0) is 32.9 Å². The van der Waals surface area contributed by atoms with E-state index in [1.54, 1.807) is 0 Å². The van der Waals surface area contributed by atoms with Crippen LogP contribution in [0.15, 0.2) is 0 Å². The molecule has 68 valence electrons. The van der Waals surface area contributed by atoms with Gasteiger partial charge >= 0.3 is 0 Å². The lowest BCUT2D eigenvalue weighted by Gasteiger charge is -2.03. The lowest BCUT2D eigenvalue weighted by atomic mass is 10.1. The predicted molar refractivity (Wildman–Crippen MR) is 48.7 cm³/mol. The summed E-state index contributed by atoms with van der Waals surface area (Å²) in [5, 5.41) is 12.2. The second-order valence-electron chi connectivity index (χ2n) is 3.05. The molecule has 0 aliphatic heterocycles. The highest BCUT2D eigenvalue weighted by molar-refractivity contribution is 4.50. The van der Waals surface area contributed by atoms with Gasteiger partial charge in [0.25, 0.3) is 0 Å². The monoisotopic (exact) mass is 159 g/mol. The van der Waals surface area contributed by atoms with Gasteiger partial charge in [0, 0.05) is 0 Å². The molecule has 1 atom stereocenters. The molecule has 0 spiro atoms. The van der Waals surface area contributed by atoms with E-state index >= 15 is 0 Å². The van der Waals surface area contributed by atoms with E-state index in [1.807, 2.05) is 6.92 Å². The maximum Gasteiger partial charge on any atom is 0.0512 e. The highest BCUT2D eigenvalue weighted by Gasteiger charge is 1.94. The Labute approximate surface area is 70.0 Å². The van der Waals surface area contributed by atoms with Crippen LogP contribution in [0.5, 0.6) is 0 Å². The van der Waals surface area contributed by atoms with Crippen LogP contribution in [0.4, 0.5) is 0 Å². The molecule has 0 aromatic carbocycles. The second-order valence-corrected chi connectivity index (χ2v) is 3.05. The van der Waals surface area contributed by atoms with E-state index in [0.29, 0.717) is 0 Å². The van der Waals surface area contributed by atoms with Crippen molar-refractivity contribution >= 4 is 0 Å². The molecule has 0 radical (unpaired) electrons. The molecule has 0 aromatic heterocycles. The van der Waals surface area contributed by atoms with Crippen LogP contribution in [0, 0.1) is 0 Å². The van der Waals surface area contributed by atoms with E-state index in [4.69, 9.17) is 5.11 Å². The molecule has 0 fully saturated rings. The van der Waals surface area contributed by atoms with Crippen LogP contribution in [0.1, 0.15) is 39.5 Å². The lowest BCUT2D eigenvalue weighted by Crippen LogP contribution is -2.13. The molecule has 0 heterocycles. The number of nitrogens with one attached hydrogen (secondary N) is 1. The number of unbranched alkanes of at least 4 members (excludes halogenated alkanes) is 2. The Bertz CT molecular complexity index is 74.0. The average molecular weight is 159 g/mol. The molecule has 0 aliphatic rings. The third-order valence-corrected chi connectivity index (χ3v) is 1.73. The van der Waals surface area contributed by atoms with Gasteiger partial charge in [0.2, 0.25) is 0 Å². The van der Waals surface area contributed by atoms with Gasteiger partial charge in [-0.3, -0.25) is 0 Å².